The maximum atomic E-state index is 12.2. The van der Waals surface area contributed by atoms with Gasteiger partial charge in [-0.15, -0.1) is 11.3 Å². The second-order valence-electron chi connectivity index (χ2n) is 4.34. The number of nitrogen functional groups attached to an aromatic ring is 1. The van der Waals surface area contributed by atoms with Crippen LogP contribution in [0.5, 0.6) is 0 Å². The molecule has 1 heterocycles. The van der Waals surface area contributed by atoms with Gasteiger partial charge in [0.15, 0.2) is 0 Å². The maximum Gasteiger partial charge on any atom is 0.218 e. The first-order chi connectivity index (χ1) is 8.97. The quantitative estimate of drug-likeness (QED) is 0.861. The van der Waals surface area contributed by atoms with Gasteiger partial charge in [0.2, 0.25) is 10.0 Å². The molecular weight excluding hydrogens is 280 g/mol. The van der Waals surface area contributed by atoms with Gasteiger partial charge in [0.25, 0.3) is 0 Å². The fraction of sp³-hybridized carbons (Fsp3) is 0.231. The highest BCUT2D eigenvalue weighted by atomic mass is 32.2. The molecule has 0 aliphatic heterocycles. The molecule has 4 nitrogen and oxygen atoms in total. The van der Waals surface area contributed by atoms with E-state index >= 15 is 0 Å². The number of sulfonamides is 1. The van der Waals surface area contributed by atoms with Crippen LogP contribution in [-0.2, 0) is 22.3 Å². The summed E-state index contributed by atoms with van der Waals surface area (Å²) in [4.78, 5) is 1.03. The number of hydrogen-bond acceptors (Lipinski definition) is 4. The van der Waals surface area contributed by atoms with E-state index in [4.69, 9.17) is 5.73 Å². The number of thiophene rings is 1. The minimum Gasteiger partial charge on any atom is -0.399 e. The third kappa shape index (κ3) is 3.79. The molecule has 2 aromatic rings. The zero-order valence-corrected chi connectivity index (χ0v) is 12.2. The normalized spacial score (nSPS) is 11.9. The maximum absolute atomic E-state index is 12.2. The van der Waals surface area contributed by atoms with E-state index in [1.54, 1.807) is 42.6 Å². The number of rotatable bonds is 5. The van der Waals surface area contributed by atoms with Crippen molar-refractivity contribution in [3.63, 3.8) is 0 Å². The van der Waals surface area contributed by atoms with Gasteiger partial charge in [-0.1, -0.05) is 18.2 Å². The lowest BCUT2D eigenvalue weighted by Crippen LogP contribution is -2.27. The summed E-state index contributed by atoms with van der Waals surface area (Å²) in [5, 5.41) is 1.94. The molecule has 1 aromatic carbocycles. The fourth-order valence-electron chi connectivity index (χ4n) is 1.72. The lowest BCUT2D eigenvalue weighted by atomic mass is 10.2. The first kappa shape index (κ1) is 14.0. The number of nitrogens with zero attached hydrogens (tertiary/aromatic N) is 1. The first-order valence-electron chi connectivity index (χ1n) is 5.78. The van der Waals surface area contributed by atoms with Crippen molar-refractivity contribution in [3.05, 3.63) is 52.2 Å². The Kier molecular flexibility index (Phi) is 4.24. The molecule has 0 atom stereocenters. The summed E-state index contributed by atoms with van der Waals surface area (Å²) in [7, 11) is -1.72. The Labute approximate surface area is 117 Å². The molecule has 2 rings (SSSR count). The van der Waals surface area contributed by atoms with Crippen LogP contribution in [0.25, 0.3) is 0 Å². The van der Waals surface area contributed by atoms with Gasteiger partial charge in [0.1, 0.15) is 0 Å². The third-order valence-electron chi connectivity index (χ3n) is 2.73. The molecule has 0 saturated heterocycles. The monoisotopic (exact) mass is 296 g/mol. The standard InChI is InChI=1S/C13H16N2O2S2/c1-15(9-13-6-3-7-18-13)19(16,17)10-11-4-2-5-12(14)8-11/h2-8H,9-10,14H2,1H3. The van der Waals surface area contributed by atoms with E-state index in [0.717, 1.165) is 4.88 Å². The van der Waals surface area contributed by atoms with Gasteiger partial charge in [0.05, 0.1) is 5.75 Å². The molecule has 0 amide bonds. The second-order valence-corrected chi connectivity index (χ2v) is 7.44. The summed E-state index contributed by atoms with van der Waals surface area (Å²) in [6.07, 6.45) is 0. The van der Waals surface area contributed by atoms with Gasteiger partial charge in [-0.25, -0.2) is 8.42 Å². The highest BCUT2D eigenvalue weighted by Crippen LogP contribution is 2.17. The van der Waals surface area contributed by atoms with Crippen LogP contribution in [0.2, 0.25) is 0 Å². The average Bonchev–Trinajstić information content (AvgIpc) is 2.81. The van der Waals surface area contributed by atoms with Crippen molar-refractivity contribution in [2.24, 2.45) is 0 Å². The van der Waals surface area contributed by atoms with Crippen LogP contribution in [0.4, 0.5) is 5.69 Å². The van der Waals surface area contributed by atoms with E-state index in [2.05, 4.69) is 0 Å². The largest absolute Gasteiger partial charge is 0.399 e. The Balaban J connectivity index is 2.09. The number of hydrogen-bond donors (Lipinski definition) is 1. The van der Waals surface area contributed by atoms with Gasteiger partial charge in [-0.2, -0.15) is 4.31 Å². The van der Waals surface area contributed by atoms with Crippen molar-refractivity contribution in [1.82, 2.24) is 4.31 Å². The zero-order valence-electron chi connectivity index (χ0n) is 10.6. The molecule has 102 valence electrons. The van der Waals surface area contributed by atoms with Crippen LogP contribution in [0.1, 0.15) is 10.4 Å². The van der Waals surface area contributed by atoms with Crippen LogP contribution in [-0.4, -0.2) is 19.8 Å². The smallest absolute Gasteiger partial charge is 0.218 e. The molecule has 0 spiro atoms. The summed E-state index contributed by atoms with van der Waals surface area (Å²) in [5.74, 6) is -0.0279. The van der Waals surface area contributed by atoms with Crippen molar-refractivity contribution >= 4 is 27.0 Å². The van der Waals surface area contributed by atoms with E-state index in [-0.39, 0.29) is 5.75 Å². The van der Waals surface area contributed by atoms with Crippen molar-refractivity contribution in [1.29, 1.82) is 0 Å². The summed E-state index contributed by atoms with van der Waals surface area (Å²) in [6.45, 7) is 0.405. The summed E-state index contributed by atoms with van der Waals surface area (Å²) < 4.78 is 25.8. The predicted molar refractivity (Wildman–Crippen MR) is 79.3 cm³/mol. The van der Waals surface area contributed by atoms with E-state index in [1.165, 1.54) is 4.31 Å². The van der Waals surface area contributed by atoms with Crippen LogP contribution >= 0.6 is 11.3 Å². The Morgan fingerprint density at radius 1 is 1.26 bits per heavy atom. The van der Waals surface area contributed by atoms with Crippen molar-refractivity contribution < 1.29 is 8.42 Å². The molecule has 0 unspecified atom stereocenters. The zero-order chi connectivity index (χ0) is 13.9. The summed E-state index contributed by atoms with van der Waals surface area (Å²) >= 11 is 1.55. The number of benzene rings is 1. The Bertz CT molecular complexity index is 636. The molecule has 19 heavy (non-hydrogen) atoms. The van der Waals surface area contributed by atoms with Gasteiger partial charge < -0.3 is 5.73 Å². The van der Waals surface area contributed by atoms with Gasteiger partial charge in [-0.3, -0.25) is 0 Å². The molecule has 0 aliphatic carbocycles. The van der Waals surface area contributed by atoms with Crippen molar-refractivity contribution in [2.75, 3.05) is 12.8 Å². The van der Waals surface area contributed by atoms with Crippen LogP contribution in [0, 0.1) is 0 Å². The van der Waals surface area contributed by atoms with Crippen molar-refractivity contribution in [3.8, 4) is 0 Å². The topological polar surface area (TPSA) is 63.4 Å². The van der Waals surface area contributed by atoms with E-state index in [9.17, 15) is 8.42 Å². The Hall–Kier alpha value is -1.37. The third-order valence-corrected chi connectivity index (χ3v) is 5.37. The number of anilines is 1. The molecule has 2 N–H and O–H groups in total. The van der Waals surface area contributed by atoms with E-state index in [1.807, 2.05) is 17.5 Å². The molecule has 6 heteroatoms. The lowest BCUT2D eigenvalue weighted by molar-refractivity contribution is 0.469. The SMILES string of the molecule is CN(Cc1cccs1)S(=O)(=O)Cc1cccc(N)c1. The minimum absolute atomic E-state index is 0.0279. The predicted octanol–water partition coefficient (Wildman–Crippen LogP) is 2.29. The van der Waals surface area contributed by atoms with Crippen molar-refractivity contribution in [2.45, 2.75) is 12.3 Å². The second kappa shape index (κ2) is 5.73. The molecule has 0 bridgehead atoms. The first-order valence-corrected chi connectivity index (χ1v) is 8.27. The molecule has 0 aliphatic rings. The van der Waals surface area contributed by atoms with Gasteiger partial charge in [0, 0.05) is 24.2 Å². The lowest BCUT2D eigenvalue weighted by Gasteiger charge is -2.16. The molecule has 1 aromatic heterocycles. The molecular formula is C13H16N2O2S2. The highest BCUT2D eigenvalue weighted by molar-refractivity contribution is 7.88. The molecule has 0 fully saturated rings. The summed E-state index contributed by atoms with van der Waals surface area (Å²) in [5.41, 5.74) is 6.94. The van der Waals surface area contributed by atoms with Crippen LogP contribution in [0.15, 0.2) is 41.8 Å². The molecule has 0 radical (unpaired) electrons. The van der Waals surface area contributed by atoms with Crippen LogP contribution in [0.3, 0.4) is 0 Å². The van der Waals surface area contributed by atoms with E-state index < -0.39 is 10.0 Å². The number of nitrogens with two attached hydrogens (primary N) is 1. The van der Waals surface area contributed by atoms with Gasteiger partial charge >= 0.3 is 0 Å². The summed E-state index contributed by atoms with van der Waals surface area (Å²) in [6, 6.07) is 10.8. The minimum atomic E-state index is -3.32. The van der Waals surface area contributed by atoms with Crippen LogP contribution < -0.4 is 5.73 Å². The Morgan fingerprint density at radius 2 is 2.05 bits per heavy atom. The van der Waals surface area contributed by atoms with Gasteiger partial charge in [-0.05, 0) is 29.1 Å². The van der Waals surface area contributed by atoms with E-state index in [0.29, 0.717) is 17.8 Å². The highest BCUT2D eigenvalue weighted by Gasteiger charge is 2.19. The average molecular weight is 296 g/mol. The fourth-order valence-corrected chi connectivity index (χ4v) is 3.72. The molecule has 0 saturated carbocycles. The Morgan fingerprint density at radius 3 is 2.68 bits per heavy atom.